The molecule has 27 heavy (non-hydrogen) atoms. The number of carbonyl (C=O) groups excluding carboxylic acids is 1. The van der Waals surface area contributed by atoms with Crippen LogP contribution >= 0.6 is 11.6 Å². The normalized spacial score (nSPS) is 11.0. The smallest absolute Gasteiger partial charge is 0.261 e. The summed E-state index contributed by atoms with van der Waals surface area (Å²) in [5, 5.41) is 4.00. The van der Waals surface area contributed by atoms with E-state index in [0.29, 0.717) is 35.5 Å². The van der Waals surface area contributed by atoms with Crippen molar-refractivity contribution in [3.05, 3.63) is 68.7 Å². The van der Waals surface area contributed by atoms with Crippen molar-refractivity contribution in [2.75, 3.05) is 5.32 Å². The van der Waals surface area contributed by atoms with E-state index in [0.717, 1.165) is 22.2 Å². The first-order valence-corrected chi connectivity index (χ1v) is 9.26. The van der Waals surface area contributed by atoms with Gasteiger partial charge in [0.15, 0.2) is 0 Å². The van der Waals surface area contributed by atoms with Crippen LogP contribution in [0.2, 0.25) is 5.02 Å². The molecule has 0 unspecified atom stereocenters. The van der Waals surface area contributed by atoms with E-state index in [1.165, 1.54) is 0 Å². The number of hydrogen-bond acceptors (Lipinski definition) is 3. The highest BCUT2D eigenvalue weighted by Gasteiger charge is 2.10. The molecule has 0 atom stereocenters. The van der Waals surface area contributed by atoms with Gasteiger partial charge in [0.25, 0.3) is 5.56 Å². The molecule has 0 aliphatic heterocycles. The highest BCUT2D eigenvalue weighted by Crippen LogP contribution is 2.27. The number of nitrogens with zero attached hydrogens (tertiary/aromatic N) is 2. The van der Waals surface area contributed by atoms with E-state index < -0.39 is 0 Å². The number of hydrogen-bond donors (Lipinski definition) is 1. The maximum atomic E-state index is 12.6. The average molecular weight is 384 g/mol. The second kappa shape index (κ2) is 7.92. The molecule has 0 saturated carbocycles. The molecule has 1 heterocycles. The Kier molecular flexibility index (Phi) is 5.61. The van der Waals surface area contributed by atoms with Crippen LogP contribution in [-0.4, -0.2) is 15.5 Å². The van der Waals surface area contributed by atoms with Gasteiger partial charge < -0.3 is 5.32 Å². The van der Waals surface area contributed by atoms with Crippen molar-refractivity contribution in [2.45, 2.75) is 40.2 Å². The van der Waals surface area contributed by atoms with E-state index in [2.05, 4.69) is 10.3 Å². The van der Waals surface area contributed by atoms with Gasteiger partial charge in [-0.25, -0.2) is 4.98 Å². The molecule has 0 spiro atoms. The van der Waals surface area contributed by atoms with Gasteiger partial charge in [0.1, 0.15) is 0 Å². The standard InChI is InChI=1S/C21H22ClN3O2/c1-13-10-15(3)20(17(22)11-13)24-18(26)8-5-9-25-12-23-19-14(2)6-4-7-16(19)21(25)27/h4,6-7,10-12H,5,8-9H2,1-3H3,(H,24,26). The zero-order valence-electron chi connectivity index (χ0n) is 15.7. The van der Waals surface area contributed by atoms with E-state index in [1.54, 1.807) is 17.0 Å². The van der Waals surface area contributed by atoms with Crippen molar-refractivity contribution in [3.8, 4) is 0 Å². The van der Waals surface area contributed by atoms with Crippen LogP contribution in [0, 0.1) is 20.8 Å². The fraction of sp³-hybridized carbons (Fsp3) is 0.286. The van der Waals surface area contributed by atoms with E-state index in [4.69, 9.17) is 11.6 Å². The first-order valence-electron chi connectivity index (χ1n) is 8.88. The van der Waals surface area contributed by atoms with Crippen molar-refractivity contribution in [2.24, 2.45) is 0 Å². The van der Waals surface area contributed by atoms with Crippen molar-refractivity contribution >= 4 is 34.1 Å². The number of carbonyl (C=O) groups is 1. The van der Waals surface area contributed by atoms with Gasteiger partial charge in [-0.1, -0.05) is 29.8 Å². The predicted molar refractivity (Wildman–Crippen MR) is 110 cm³/mol. The van der Waals surface area contributed by atoms with Gasteiger partial charge in [-0.2, -0.15) is 0 Å². The lowest BCUT2D eigenvalue weighted by molar-refractivity contribution is -0.116. The summed E-state index contributed by atoms with van der Waals surface area (Å²) in [7, 11) is 0. The molecular weight excluding hydrogens is 362 g/mol. The first kappa shape index (κ1) is 19.1. The summed E-state index contributed by atoms with van der Waals surface area (Å²) in [6.07, 6.45) is 2.38. The summed E-state index contributed by atoms with van der Waals surface area (Å²) in [4.78, 5) is 29.2. The van der Waals surface area contributed by atoms with Crippen molar-refractivity contribution in [1.82, 2.24) is 9.55 Å². The third kappa shape index (κ3) is 4.19. The van der Waals surface area contributed by atoms with Crippen LogP contribution in [0.3, 0.4) is 0 Å². The third-order valence-electron chi connectivity index (χ3n) is 4.55. The average Bonchev–Trinajstić information content (AvgIpc) is 2.60. The second-order valence-corrected chi connectivity index (χ2v) is 7.21. The number of amides is 1. The van der Waals surface area contributed by atoms with Crippen LogP contribution in [0.15, 0.2) is 41.5 Å². The number of rotatable bonds is 5. The summed E-state index contributed by atoms with van der Waals surface area (Å²) < 4.78 is 1.55. The van der Waals surface area contributed by atoms with Crippen molar-refractivity contribution < 1.29 is 4.79 Å². The van der Waals surface area contributed by atoms with Gasteiger partial charge >= 0.3 is 0 Å². The Balaban J connectivity index is 1.65. The summed E-state index contributed by atoms with van der Waals surface area (Å²) in [5.74, 6) is -0.124. The molecule has 3 rings (SSSR count). The zero-order chi connectivity index (χ0) is 19.6. The molecule has 0 bridgehead atoms. The fourth-order valence-electron chi connectivity index (χ4n) is 3.18. The number of nitrogens with one attached hydrogen (secondary N) is 1. The molecule has 0 aliphatic rings. The number of fused-ring (bicyclic) bond motifs is 1. The molecule has 0 radical (unpaired) electrons. The SMILES string of the molecule is Cc1cc(C)c(NC(=O)CCCn2cnc3c(C)cccc3c2=O)c(Cl)c1. The largest absolute Gasteiger partial charge is 0.325 e. The van der Waals surface area contributed by atoms with Gasteiger partial charge in [-0.3, -0.25) is 14.2 Å². The van der Waals surface area contributed by atoms with Crippen LogP contribution in [0.5, 0.6) is 0 Å². The Morgan fingerprint density at radius 1 is 1.19 bits per heavy atom. The molecule has 3 aromatic rings. The number of aryl methyl sites for hydroxylation is 4. The minimum Gasteiger partial charge on any atom is -0.325 e. The maximum absolute atomic E-state index is 12.6. The van der Waals surface area contributed by atoms with Gasteiger partial charge in [-0.05, 0) is 56.0 Å². The second-order valence-electron chi connectivity index (χ2n) is 6.80. The number of benzene rings is 2. The molecule has 140 valence electrons. The van der Waals surface area contributed by atoms with Gasteiger partial charge in [-0.15, -0.1) is 0 Å². The Labute approximate surface area is 163 Å². The van der Waals surface area contributed by atoms with Gasteiger partial charge in [0.05, 0.1) is 27.9 Å². The summed E-state index contributed by atoms with van der Waals surface area (Å²) >= 11 is 6.23. The van der Waals surface area contributed by atoms with Crippen LogP contribution in [0.1, 0.15) is 29.5 Å². The van der Waals surface area contributed by atoms with Crippen LogP contribution < -0.4 is 10.9 Å². The Hall–Kier alpha value is -2.66. The Bertz CT molecular complexity index is 1050. The summed E-state index contributed by atoms with van der Waals surface area (Å²) in [6.45, 7) is 6.24. The molecule has 1 N–H and O–H groups in total. The van der Waals surface area contributed by atoms with Crippen molar-refractivity contribution in [1.29, 1.82) is 0 Å². The molecule has 6 heteroatoms. The molecule has 0 fully saturated rings. The van der Waals surface area contributed by atoms with Crippen LogP contribution in [-0.2, 0) is 11.3 Å². The predicted octanol–water partition coefficient (Wildman–Crippen LogP) is 4.39. The van der Waals surface area contributed by atoms with E-state index >= 15 is 0 Å². The fourth-order valence-corrected chi connectivity index (χ4v) is 3.55. The number of aromatic nitrogens is 2. The number of para-hydroxylation sites is 1. The van der Waals surface area contributed by atoms with Gasteiger partial charge in [0.2, 0.25) is 5.91 Å². The topological polar surface area (TPSA) is 64.0 Å². The molecule has 2 aromatic carbocycles. The first-order chi connectivity index (χ1) is 12.9. The van der Waals surface area contributed by atoms with E-state index in [1.807, 2.05) is 45.0 Å². The number of halogens is 1. The summed E-state index contributed by atoms with van der Waals surface area (Å²) in [6, 6.07) is 9.37. The van der Waals surface area contributed by atoms with Crippen LogP contribution in [0.4, 0.5) is 5.69 Å². The zero-order valence-corrected chi connectivity index (χ0v) is 16.4. The van der Waals surface area contributed by atoms with Gasteiger partial charge in [0, 0.05) is 13.0 Å². The maximum Gasteiger partial charge on any atom is 0.261 e. The molecule has 1 amide bonds. The molecular formula is C21H22ClN3O2. The molecule has 5 nitrogen and oxygen atoms in total. The molecule has 0 aliphatic carbocycles. The lowest BCUT2D eigenvalue weighted by atomic mass is 10.1. The number of anilines is 1. The lowest BCUT2D eigenvalue weighted by Crippen LogP contribution is -2.22. The van der Waals surface area contributed by atoms with E-state index in [9.17, 15) is 9.59 Å². The highest BCUT2D eigenvalue weighted by molar-refractivity contribution is 6.34. The van der Waals surface area contributed by atoms with E-state index in [-0.39, 0.29) is 11.5 Å². The summed E-state index contributed by atoms with van der Waals surface area (Å²) in [5.41, 5.74) is 4.24. The van der Waals surface area contributed by atoms with Crippen LogP contribution in [0.25, 0.3) is 10.9 Å². The lowest BCUT2D eigenvalue weighted by Gasteiger charge is -2.12. The third-order valence-corrected chi connectivity index (χ3v) is 4.85. The highest BCUT2D eigenvalue weighted by atomic mass is 35.5. The van der Waals surface area contributed by atoms with Crippen molar-refractivity contribution in [3.63, 3.8) is 0 Å². The molecule has 0 saturated heterocycles. The minimum absolute atomic E-state index is 0.0819. The molecule has 1 aromatic heterocycles. The quantitative estimate of drug-likeness (QED) is 0.710. The minimum atomic E-state index is -0.124. The Morgan fingerprint density at radius 3 is 2.70 bits per heavy atom. The monoisotopic (exact) mass is 383 g/mol. The Morgan fingerprint density at radius 2 is 1.96 bits per heavy atom.